The number of nitrogens with two attached hydrogens (primary N) is 1. The highest BCUT2D eigenvalue weighted by atomic mass is 32.2. The van der Waals surface area contributed by atoms with Gasteiger partial charge in [-0.15, -0.1) is 0 Å². The molecule has 1 aromatic rings. The van der Waals surface area contributed by atoms with Crippen LogP contribution in [0.3, 0.4) is 0 Å². The van der Waals surface area contributed by atoms with Crippen LogP contribution in [0.25, 0.3) is 0 Å². The smallest absolute Gasteiger partial charge is 0.322 e. The number of ether oxygens (including phenoxy) is 1. The molecule has 0 radical (unpaired) electrons. The van der Waals surface area contributed by atoms with Crippen molar-refractivity contribution in [1.29, 1.82) is 0 Å². The van der Waals surface area contributed by atoms with Gasteiger partial charge in [0, 0.05) is 0 Å². The summed E-state index contributed by atoms with van der Waals surface area (Å²) >= 11 is 1.60. The lowest BCUT2D eigenvalue weighted by Gasteiger charge is -2.09. The van der Waals surface area contributed by atoms with E-state index in [1.165, 1.54) is 0 Å². The highest BCUT2D eigenvalue weighted by Gasteiger charge is 2.14. The molecule has 0 saturated heterocycles. The molecule has 0 aromatic carbocycles. The summed E-state index contributed by atoms with van der Waals surface area (Å²) in [6, 6.07) is -0.549. The van der Waals surface area contributed by atoms with E-state index in [0.29, 0.717) is 30.5 Å². The minimum absolute atomic E-state index is 0.346. The van der Waals surface area contributed by atoms with E-state index in [0.717, 1.165) is 5.75 Å². The molecule has 0 aliphatic carbocycles. The van der Waals surface area contributed by atoms with Crippen LogP contribution in [0.2, 0.25) is 0 Å². The molecule has 0 amide bonds. The molecule has 0 bridgehead atoms. The van der Waals surface area contributed by atoms with Gasteiger partial charge in [0.2, 0.25) is 5.89 Å². The molecule has 1 atom stereocenters. The molecule has 0 fully saturated rings. The topological polar surface area (TPSA) is 91.2 Å². The Labute approximate surface area is 104 Å². The zero-order valence-electron chi connectivity index (χ0n) is 10.0. The minimum atomic E-state index is -0.549. The van der Waals surface area contributed by atoms with E-state index in [2.05, 4.69) is 10.1 Å². The number of esters is 1. The lowest BCUT2D eigenvalue weighted by Crippen LogP contribution is -2.32. The highest BCUT2D eigenvalue weighted by Crippen LogP contribution is 2.12. The molecule has 0 aliphatic heterocycles. The van der Waals surface area contributed by atoms with Gasteiger partial charge < -0.3 is 15.0 Å². The maximum absolute atomic E-state index is 11.2. The number of aryl methyl sites for hydroxylation is 1. The number of nitrogens with zero attached hydrogens (tertiary/aromatic N) is 2. The maximum Gasteiger partial charge on any atom is 0.322 e. The van der Waals surface area contributed by atoms with Crippen LogP contribution < -0.4 is 5.73 Å². The van der Waals surface area contributed by atoms with Crippen molar-refractivity contribution in [3.8, 4) is 0 Å². The van der Waals surface area contributed by atoms with E-state index in [9.17, 15) is 4.79 Å². The van der Waals surface area contributed by atoms with Crippen LogP contribution in [0.15, 0.2) is 4.52 Å². The number of carbonyl (C=O) groups is 1. The number of carbonyl (C=O) groups excluding carboxylic acids is 1. The Hall–Kier alpha value is -1.08. The van der Waals surface area contributed by atoms with Crippen LogP contribution >= 0.6 is 11.8 Å². The summed E-state index contributed by atoms with van der Waals surface area (Å²) in [5.74, 6) is 2.26. The van der Waals surface area contributed by atoms with Crippen LogP contribution in [-0.4, -0.2) is 34.5 Å². The molecule has 2 N–H and O–H groups in total. The third kappa shape index (κ3) is 5.18. The lowest BCUT2D eigenvalue weighted by molar-refractivity contribution is -0.144. The zero-order valence-corrected chi connectivity index (χ0v) is 10.8. The number of aromatic nitrogens is 2. The first-order valence-corrected chi connectivity index (χ1v) is 6.58. The predicted octanol–water partition coefficient (Wildman–Crippen LogP) is 0.892. The Bertz CT molecular complexity index is 356. The van der Waals surface area contributed by atoms with Gasteiger partial charge in [0.1, 0.15) is 6.04 Å². The van der Waals surface area contributed by atoms with Gasteiger partial charge in [0.15, 0.2) is 5.82 Å². The van der Waals surface area contributed by atoms with Gasteiger partial charge in [-0.1, -0.05) is 5.16 Å². The summed E-state index contributed by atoms with van der Waals surface area (Å²) in [5, 5.41) is 3.68. The Morgan fingerprint density at radius 3 is 3.00 bits per heavy atom. The molecule has 1 aromatic heterocycles. The van der Waals surface area contributed by atoms with Crippen molar-refractivity contribution < 1.29 is 14.1 Å². The van der Waals surface area contributed by atoms with Crippen molar-refractivity contribution in [2.24, 2.45) is 5.73 Å². The number of hydrogen-bond acceptors (Lipinski definition) is 7. The Morgan fingerprint density at radius 1 is 1.65 bits per heavy atom. The fraction of sp³-hybridized carbons (Fsp3) is 0.700. The second kappa shape index (κ2) is 7.29. The van der Waals surface area contributed by atoms with Crippen molar-refractivity contribution in [3.63, 3.8) is 0 Å². The molecular formula is C10H17N3O3S. The molecule has 0 aliphatic rings. The van der Waals surface area contributed by atoms with E-state index in [1.54, 1.807) is 25.6 Å². The van der Waals surface area contributed by atoms with Crippen molar-refractivity contribution in [2.45, 2.75) is 32.1 Å². The summed E-state index contributed by atoms with van der Waals surface area (Å²) in [6.45, 7) is 3.90. The van der Waals surface area contributed by atoms with Crippen molar-refractivity contribution >= 4 is 17.7 Å². The predicted molar refractivity (Wildman–Crippen MR) is 64.4 cm³/mol. The van der Waals surface area contributed by atoms with E-state index in [1.807, 2.05) is 0 Å². The van der Waals surface area contributed by atoms with E-state index in [4.69, 9.17) is 15.0 Å². The lowest BCUT2D eigenvalue weighted by atomic mass is 10.2. The van der Waals surface area contributed by atoms with Gasteiger partial charge in [-0.3, -0.25) is 4.79 Å². The molecule has 7 heteroatoms. The van der Waals surface area contributed by atoms with Crippen LogP contribution in [0, 0.1) is 6.92 Å². The molecule has 6 nitrogen and oxygen atoms in total. The van der Waals surface area contributed by atoms with E-state index in [-0.39, 0.29) is 5.97 Å². The normalized spacial score (nSPS) is 12.4. The summed E-state index contributed by atoms with van der Waals surface area (Å²) < 4.78 is 9.76. The van der Waals surface area contributed by atoms with Crippen LogP contribution in [0.5, 0.6) is 0 Å². The molecule has 1 heterocycles. The fourth-order valence-corrected chi connectivity index (χ4v) is 1.99. The molecular weight excluding hydrogens is 242 g/mol. The van der Waals surface area contributed by atoms with Gasteiger partial charge >= 0.3 is 5.97 Å². The average molecular weight is 259 g/mol. The van der Waals surface area contributed by atoms with E-state index >= 15 is 0 Å². The fourth-order valence-electron chi connectivity index (χ4n) is 1.14. The van der Waals surface area contributed by atoms with Crippen LogP contribution in [0.1, 0.15) is 25.1 Å². The molecule has 96 valence electrons. The molecule has 17 heavy (non-hydrogen) atoms. The largest absolute Gasteiger partial charge is 0.465 e. The first-order valence-electron chi connectivity index (χ1n) is 5.42. The second-order valence-corrected chi connectivity index (χ2v) is 4.54. The summed E-state index contributed by atoms with van der Waals surface area (Å²) in [4.78, 5) is 15.3. The van der Waals surface area contributed by atoms with Gasteiger partial charge in [-0.05, 0) is 26.0 Å². The summed E-state index contributed by atoms with van der Waals surface area (Å²) in [5.41, 5.74) is 5.65. The van der Waals surface area contributed by atoms with Crippen molar-refractivity contribution in [1.82, 2.24) is 10.1 Å². The first kappa shape index (κ1) is 14.0. The average Bonchev–Trinajstić information content (AvgIpc) is 2.70. The monoisotopic (exact) mass is 259 g/mol. The van der Waals surface area contributed by atoms with Gasteiger partial charge in [0.25, 0.3) is 0 Å². The Balaban J connectivity index is 2.13. The highest BCUT2D eigenvalue weighted by molar-refractivity contribution is 7.98. The molecule has 0 saturated carbocycles. The Morgan fingerprint density at radius 2 is 2.41 bits per heavy atom. The van der Waals surface area contributed by atoms with Crippen molar-refractivity contribution in [2.75, 3.05) is 12.4 Å². The van der Waals surface area contributed by atoms with Crippen LogP contribution in [0.4, 0.5) is 0 Å². The third-order valence-electron chi connectivity index (χ3n) is 1.96. The number of thioether (sulfide) groups is 1. The van der Waals surface area contributed by atoms with Crippen LogP contribution in [-0.2, 0) is 15.3 Å². The van der Waals surface area contributed by atoms with Gasteiger partial charge in [0.05, 0.1) is 12.4 Å². The standard InChI is InChI=1S/C10H17N3O3S/c1-3-15-10(14)8(11)4-5-17-6-9-12-7(2)13-16-9/h8H,3-6,11H2,1-2H3. The number of hydrogen-bond donors (Lipinski definition) is 1. The second-order valence-electron chi connectivity index (χ2n) is 3.44. The quantitative estimate of drug-likeness (QED) is 0.574. The maximum atomic E-state index is 11.2. The zero-order chi connectivity index (χ0) is 12.7. The third-order valence-corrected chi connectivity index (χ3v) is 2.93. The molecule has 1 rings (SSSR count). The SMILES string of the molecule is CCOC(=O)C(N)CCSCc1nc(C)no1. The first-order chi connectivity index (χ1) is 8.13. The van der Waals surface area contributed by atoms with E-state index < -0.39 is 6.04 Å². The number of rotatable bonds is 7. The van der Waals surface area contributed by atoms with Gasteiger partial charge in [-0.25, -0.2) is 0 Å². The molecule has 1 unspecified atom stereocenters. The Kier molecular flexibility index (Phi) is 5.99. The summed E-state index contributed by atoms with van der Waals surface area (Å²) in [6.07, 6.45) is 0.580. The summed E-state index contributed by atoms with van der Waals surface area (Å²) in [7, 11) is 0. The van der Waals surface area contributed by atoms with Gasteiger partial charge in [-0.2, -0.15) is 16.7 Å². The van der Waals surface area contributed by atoms with Crippen molar-refractivity contribution in [3.05, 3.63) is 11.7 Å². The minimum Gasteiger partial charge on any atom is -0.465 e. The molecule has 0 spiro atoms.